The first-order valence-corrected chi connectivity index (χ1v) is 6.18. The van der Waals surface area contributed by atoms with Gasteiger partial charge in [-0.25, -0.2) is 0 Å². The maximum atomic E-state index is 11.5. The molecule has 0 aromatic heterocycles. The van der Waals surface area contributed by atoms with E-state index in [2.05, 4.69) is 29.2 Å². The minimum Gasteiger partial charge on any atom is -0.368 e. The molecule has 0 radical (unpaired) electrons. The Morgan fingerprint density at radius 1 is 1.11 bits per heavy atom. The Morgan fingerprint density at radius 2 is 1.67 bits per heavy atom. The highest BCUT2D eigenvalue weighted by Gasteiger charge is 2.19. The second-order valence-electron chi connectivity index (χ2n) is 4.06. The van der Waals surface area contributed by atoms with Crippen molar-refractivity contribution in [2.75, 3.05) is 31.1 Å². The second kappa shape index (κ2) is 7.48. The Kier molecular flexibility index (Phi) is 5.91. The van der Waals surface area contributed by atoms with E-state index in [9.17, 15) is 4.79 Å². The van der Waals surface area contributed by atoms with Gasteiger partial charge in [0.25, 0.3) is 0 Å². The highest BCUT2D eigenvalue weighted by Crippen LogP contribution is 2.15. The minimum atomic E-state index is 0.271. The summed E-state index contributed by atoms with van der Waals surface area (Å²) >= 11 is 0. The van der Waals surface area contributed by atoms with Crippen LogP contribution in [0.4, 0.5) is 5.69 Å². The number of hydrogen-bond donors (Lipinski definition) is 0. The minimum absolute atomic E-state index is 0.271. The molecule has 1 fully saturated rings. The number of amides is 1. The molecule has 0 bridgehead atoms. The Balaban J connectivity index is 0.000000771. The van der Waals surface area contributed by atoms with Crippen LogP contribution in [-0.4, -0.2) is 43.8 Å². The third kappa shape index (κ3) is 3.58. The maximum Gasteiger partial charge on any atom is 0.222 e. The third-order valence-electron chi connectivity index (χ3n) is 3.06. The molecule has 1 saturated heterocycles. The van der Waals surface area contributed by atoms with E-state index >= 15 is 0 Å². The number of rotatable bonds is 2. The summed E-state index contributed by atoms with van der Waals surface area (Å²) in [6.45, 7) is 7.50. The molecule has 0 saturated carbocycles. The van der Waals surface area contributed by atoms with Crippen LogP contribution >= 0.6 is 0 Å². The van der Waals surface area contributed by atoms with Crippen LogP contribution in [0.5, 0.6) is 0 Å². The van der Waals surface area contributed by atoms with Crippen molar-refractivity contribution in [3.05, 3.63) is 30.3 Å². The van der Waals surface area contributed by atoms with Gasteiger partial charge >= 0.3 is 0 Å². The zero-order chi connectivity index (χ0) is 13.4. The van der Waals surface area contributed by atoms with Crippen LogP contribution in [0.2, 0.25) is 0 Å². The predicted octanol–water partition coefficient (Wildman–Crippen LogP) is 1.56. The summed E-state index contributed by atoms with van der Waals surface area (Å²) in [5.74, 6) is 0.271. The molecule has 4 heteroatoms. The quantitative estimate of drug-likeness (QED) is 0.797. The average Bonchev–Trinajstić information content (AvgIpc) is 2.49. The molecule has 1 aromatic carbocycles. The van der Waals surface area contributed by atoms with Crippen LogP contribution in [0, 0.1) is 0 Å². The van der Waals surface area contributed by atoms with Gasteiger partial charge in [0.2, 0.25) is 5.91 Å². The van der Waals surface area contributed by atoms with Crippen LogP contribution in [0.1, 0.15) is 13.3 Å². The Morgan fingerprint density at radius 3 is 2.17 bits per heavy atom. The summed E-state index contributed by atoms with van der Waals surface area (Å²) in [4.78, 5) is 23.8. The summed E-state index contributed by atoms with van der Waals surface area (Å²) in [7, 11) is 0. The van der Waals surface area contributed by atoms with Crippen molar-refractivity contribution in [2.45, 2.75) is 13.3 Å². The van der Waals surface area contributed by atoms with E-state index in [4.69, 9.17) is 4.79 Å². The third-order valence-corrected chi connectivity index (χ3v) is 3.06. The van der Waals surface area contributed by atoms with Gasteiger partial charge in [-0.2, -0.15) is 0 Å². The second-order valence-corrected chi connectivity index (χ2v) is 4.06. The fourth-order valence-corrected chi connectivity index (χ4v) is 2.08. The van der Waals surface area contributed by atoms with Gasteiger partial charge < -0.3 is 14.6 Å². The molecule has 0 N–H and O–H groups in total. The number of piperazine rings is 1. The van der Waals surface area contributed by atoms with Gasteiger partial charge in [0.05, 0.1) is 0 Å². The van der Waals surface area contributed by atoms with E-state index in [0.717, 1.165) is 26.2 Å². The number of hydrogen-bond acceptors (Lipinski definition) is 3. The molecule has 0 unspecified atom stereocenters. The van der Waals surface area contributed by atoms with Crippen molar-refractivity contribution in [3.63, 3.8) is 0 Å². The fourth-order valence-electron chi connectivity index (χ4n) is 2.08. The molecule has 18 heavy (non-hydrogen) atoms. The molecule has 0 atom stereocenters. The number of carbonyl (C=O) groups excluding carboxylic acids is 2. The molecule has 0 aliphatic carbocycles. The van der Waals surface area contributed by atoms with E-state index in [1.54, 1.807) is 0 Å². The van der Waals surface area contributed by atoms with Crippen molar-refractivity contribution in [1.29, 1.82) is 0 Å². The van der Waals surface area contributed by atoms with Crippen LogP contribution < -0.4 is 4.90 Å². The molecule has 0 spiro atoms. The van der Waals surface area contributed by atoms with Crippen molar-refractivity contribution >= 4 is 18.4 Å². The first-order valence-electron chi connectivity index (χ1n) is 6.18. The van der Waals surface area contributed by atoms with Crippen molar-refractivity contribution < 1.29 is 9.59 Å². The zero-order valence-electron chi connectivity index (χ0n) is 10.8. The summed E-state index contributed by atoms with van der Waals surface area (Å²) in [5.41, 5.74) is 1.26. The molecule has 98 valence electrons. The molecule has 2 rings (SSSR count). The molecule has 1 aliphatic heterocycles. The van der Waals surface area contributed by atoms with Crippen molar-refractivity contribution in [2.24, 2.45) is 0 Å². The number of para-hydroxylation sites is 1. The largest absolute Gasteiger partial charge is 0.368 e. The van der Waals surface area contributed by atoms with Crippen LogP contribution in [0.3, 0.4) is 0 Å². The van der Waals surface area contributed by atoms with Gasteiger partial charge in [0.15, 0.2) is 0 Å². The smallest absolute Gasteiger partial charge is 0.222 e. The number of carbonyl (C=O) groups is 2. The van der Waals surface area contributed by atoms with Crippen molar-refractivity contribution in [1.82, 2.24) is 4.90 Å². The molecular formula is C14H20N2O2. The molecule has 1 aliphatic rings. The van der Waals surface area contributed by atoms with Crippen molar-refractivity contribution in [3.8, 4) is 0 Å². The van der Waals surface area contributed by atoms with Crippen LogP contribution in [0.25, 0.3) is 0 Å². The number of nitrogens with zero attached hydrogens (tertiary/aromatic N) is 2. The number of anilines is 1. The van der Waals surface area contributed by atoms with E-state index < -0.39 is 0 Å². The van der Waals surface area contributed by atoms with Gasteiger partial charge in [0, 0.05) is 38.3 Å². The summed E-state index contributed by atoms with van der Waals surface area (Å²) in [6, 6.07) is 10.4. The number of benzene rings is 1. The molecule has 1 heterocycles. The van der Waals surface area contributed by atoms with Gasteiger partial charge in [-0.15, -0.1) is 0 Å². The Hall–Kier alpha value is -1.84. The van der Waals surface area contributed by atoms with E-state index in [-0.39, 0.29) is 5.91 Å². The van der Waals surface area contributed by atoms with E-state index in [0.29, 0.717) is 6.42 Å². The predicted molar refractivity (Wildman–Crippen MR) is 72.6 cm³/mol. The zero-order valence-corrected chi connectivity index (χ0v) is 10.8. The SMILES string of the molecule is C=O.CCC(=O)N1CCN(c2ccccc2)CC1. The van der Waals surface area contributed by atoms with Gasteiger partial charge in [-0.05, 0) is 12.1 Å². The lowest BCUT2D eigenvalue weighted by Gasteiger charge is -2.36. The Labute approximate surface area is 108 Å². The first kappa shape index (κ1) is 14.2. The van der Waals surface area contributed by atoms with E-state index in [1.165, 1.54) is 5.69 Å². The Bertz CT molecular complexity index is 359. The molecule has 4 nitrogen and oxygen atoms in total. The lowest BCUT2D eigenvalue weighted by molar-refractivity contribution is -0.131. The van der Waals surface area contributed by atoms with Crippen LogP contribution in [0.15, 0.2) is 30.3 Å². The van der Waals surface area contributed by atoms with Gasteiger partial charge in [0.1, 0.15) is 6.79 Å². The highest BCUT2D eigenvalue weighted by molar-refractivity contribution is 5.76. The topological polar surface area (TPSA) is 40.6 Å². The average molecular weight is 248 g/mol. The van der Waals surface area contributed by atoms with Gasteiger partial charge in [-0.3, -0.25) is 4.79 Å². The van der Waals surface area contributed by atoms with Crippen LogP contribution in [-0.2, 0) is 9.59 Å². The van der Waals surface area contributed by atoms with Gasteiger partial charge in [-0.1, -0.05) is 25.1 Å². The summed E-state index contributed by atoms with van der Waals surface area (Å²) in [6.07, 6.45) is 0.616. The maximum absolute atomic E-state index is 11.5. The monoisotopic (exact) mass is 248 g/mol. The van der Waals surface area contributed by atoms with E-state index in [1.807, 2.05) is 24.7 Å². The molecule has 1 aromatic rings. The normalized spacial score (nSPS) is 14.7. The molecule has 1 amide bonds. The standard InChI is InChI=1S/C13H18N2O.CH2O/c1-2-13(16)15-10-8-14(9-11-15)12-6-4-3-5-7-12;1-2/h3-7H,2,8-11H2,1H3;1H2. The summed E-state index contributed by atoms with van der Waals surface area (Å²) in [5, 5.41) is 0. The highest BCUT2D eigenvalue weighted by atomic mass is 16.2. The first-order chi connectivity index (χ1) is 8.81. The summed E-state index contributed by atoms with van der Waals surface area (Å²) < 4.78 is 0. The lowest BCUT2D eigenvalue weighted by Crippen LogP contribution is -2.48. The fraction of sp³-hybridized carbons (Fsp3) is 0.429. The molecular weight excluding hydrogens is 228 g/mol. The lowest BCUT2D eigenvalue weighted by atomic mass is 10.2.